The Hall–Kier alpha value is -1.51. The van der Waals surface area contributed by atoms with E-state index >= 15 is 0 Å². The van der Waals surface area contributed by atoms with Gasteiger partial charge in [-0.3, -0.25) is 4.79 Å². The molecule has 3 rings (SSSR count). The summed E-state index contributed by atoms with van der Waals surface area (Å²) in [5, 5.41) is 0. The van der Waals surface area contributed by atoms with E-state index in [1.54, 1.807) is 0 Å². The summed E-state index contributed by atoms with van der Waals surface area (Å²) in [7, 11) is 0. The molecule has 2 aliphatic carbocycles. The number of hydrogen-bond donors (Lipinski definition) is 0. The zero-order chi connectivity index (χ0) is 16.8. The molecule has 2 saturated carbocycles. The molecule has 24 heavy (non-hydrogen) atoms. The van der Waals surface area contributed by atoms with Gasteiger partial charge in [-0.05, 0) is 62.6 Å². The van der Waals surface area contributed by atoms with Crippen molar-refractivity contribution in [1.29, 1.82) is 0 Å². The minimum atomic E-state index is -0.0819. The average Bonchev–Trinajstić information content (AvgIpc) is 2.63. The highest BCUT2D eigenvalue weighted by molar-refractivity contribution is 5.69. The van der Waals surface area contributed by atoms with Gasteiger partial charge in [0.15, 0.2) is 0 Å². The van der Waals surface area contributed by atoms with Crippen molar-refractivity contribution in [2.24, 2.45) is 0 Å². The summed E-state index contributed by atoms with van der Waals surface area (Å²) in [5.41, 5.74) is 1.26. The summed E-state index contributed by atoms with van der Waals surface area (Å²) in [5.74, 6) is 1.20. The van der Waals surface area contributed by atoms with Crippen LogP contribution in [-0.2, 0) is 9.53 Å². The Bertz CT molecular complexity index is 534. The Kier molecular flexibility index (Phi) is 6.17. The number of rotatable bonds is 5. The normalized spacial score (nSPS) is 25.2. The van der Waals surface area contributed by atoms with Crippen LogP contribution in [0.25, 0.3) is 0 Å². The van der Waals surface area contributed by atoms with Crippen LogP contribution in [0.3, 0.4) is 0 Å². The first kappa shape index (κ1) is 17.3. The Morgan fingerprint density at radius 3 is 2.58 bits per heavy atom. The van der Waals surface area contributed by atoms with Crippen LogP contribution in [0.5, 0.6) is 5.75 Å². The molecule has 0 aliphatic heterocycles. The maximum atomic E-state index is 11.7. The monoisotopic (exact) mass is 330 g/mol. The molecule has 2 atom stereocenters. The molecule has 0 N–H and O–H groups in total. The highest BCUT2D eigenvalue weighted by Crippen LogP contribution is 2.37. The lowest BCUT2D eigenvalue weighted by Crippen LogP contribution is -2.28. The number of hydrogen-bond acceptors (Lipinski definition) is 3. The molecule has 0 bridgehead atoms. The Morgan fingerprint density at radius 1 is 1.04 bits per heavy atom. The number of carbonyl (C=O) groups excluding carboxylic acids is 1. The second-order valence-electron chi connectivity index (χ2n) is 7.22. The van der Waals surface area contributed by atoms with Gasteiger partial charge in [-0.1, -0.05) is 31.9 Å². The quantitative estimate of drug-likeness (QED) is 0.680. The Morgan fingerprint density at radius 2 is 1.79 bits per heavy atom. The van der Waals surface area contributed by atoms with Crippen molar-refractivity contribution in [1.82, 2.24) is 0 Å². The fourth-order valence-electron chi connectivity index (χ4n) is 4.07. The van der Waals surface area contributed by atoms with E-state index in [1.807, 2.05) is 6.92 Å². The predicted octanol–water partition coefficient (Wildman–Crippen LogP) is 5.38. The molecule has 2 aliphatic rings. The van der Waals surface area contributed by atoms with Crippen LogP contribution in [0.1, 0.15) is 82.6 Å². The highest BCUT2D eigenvalue weighted by Gasteiger charge is 2.29. The van der Waals surface area contributed by atoms with E-state index in [2.05, 4.69) is 24.3 Å². The molecule has 2 fully saturated rings. The molecular formula is C21H30O3. The third kappa shape index (κ3) is 4.52. The van der Waals surface area contributed by atoms with E-state index in [4.69, 9.17) is 9.47 Å². The van der Waals surface area contributed by atoms with E-state index in [0.717, 1.165) is 25.0 Å². The van der Waals surface area contributed by atoms with Crippen LogP contribution >= 0.6 is 0 Å². The van der Waals surface area contributed by atoms with Crippen molar-refractivity contribution in [3.05, 3.63) is 29.8 Å². The lowest BCUT2D eigenvalue weighted by atomic mass is 9.81. The molecular weight excluding hydrogens is 300 g/mol. The lowest BCUT2D eigenvalue weighted by Gasteiger charge is -2.32. The van der Waals surface area contributed by atoms with Gasteiger partial charge in [-0.2, -0.15) is 0 Å². The second-order valence-corrected chi connectivity index (χ2v) is 7.22. The number of ether oxygens (including phenoxy) is 2. The molecule has 0 heterocycles. The van der Waals surface area contributed by atoms with Gasteiger partial charge < -0.3 is 9.47 Å². The minimum Gasteiger partial charge on any atom is -0.490 e. The van der Waals surface area contributed by atoms with Gasteiger partial charge in [0.1, 0.15) is 11.9 Å². The average molecular weight is 330 g/mol. The standard InChI is InChI=1S/C21H30O3/c1-2-21(22)24-20-14-7-6-13-19(20)16-9-8-12-18(15-16)23-17-10-4-3-5-11-17/h8-9,12,15,17,19-20H,2-7,10-11,13-14H2,1H3/t19-,20+/m0/s1. The van der Waals surface area contributed by atoms with Gasteiger partial charge in [-0.25, -0.2) is 0 Å². The smallest absolute Gasteiger partial charge is 0.305 e. The van der Waals surface area contributed by atoms with E-state index in [0.29, 0.717) is 18.4 Å². The van der Waals surface area contributed by atoms with E-state index < -0.39 is 0 Å². The molecule has 132 valence electrons. The molecule has 1 aromatic carbocycles. The van der Waals surface area contributed by atoms with E-state index in [-0.39, 0.29) is 12.1 Å². The van der Waals surface area contributed by atoms with Crippen molar-refractivity contribution in [3.8, 4) is 5.75 Å². The maximum Gasteiger partial charge on any atom is 0.305 e. The minimum absolute atomic E-state index is 0.0242. The van der Waals surface area contributed by atoms with Gasteiger partial charge >= 0.3 is 5.97 Å². The summed E-state index contributed by atoms with van der Waals surface area (Å²) in [6.07, 6.45) is 11.5. The molecule has 0 saturated heterocycles. The van der Waals surface area contributed by atoms with Gasteiger partial charge in [0, 0.05) is 12.3 Å². The highest BCUT2D eigenvalue weighted by atomic mass is 16.5. The first-order valence-corrected chi connectivity index (χ1v) is 9.72. The first-order chi connectivity index (χ1) is 11.8. The SMILES string of the molecule is CCC(=O)O[C@@H]1CCCC[C@H]1c1cccc(OC2CCCCC2)c1. The predicted molar refractivity (Wildman–Crippen MR) is 95.3 cm³/mol. The van der Waals surface area contributed by atoms with Crippen molar-refractivity contribution < 1.29 is 14.3 Å². The van der Waals surface area contributed by atoms with Gasteiger partial charge in [-0.15, -0.1) is 0 Å². The number of carbonyl (C=O) groups is 1. The van der Waals surface area contributed by atoms with E-state index in [1.165, 1.54) is 44.1 Å². The molecule has 0 amide bonds. The van der Waals surface area contributed by atoms with Gasteiger partial charge in [0.25, 0.3) is 0 Å². The van der Waals surface area contributed by atoms with Crippen LogP contribution in [0.4, 0.5) is 0 Å². The molecule has 3 nitrogen and oxygen atoms in total. The van der Waals surface area contributed by atoms with Gasteiger partial charge in [0.05, 0.1) is 6.10 Å². The Balaban J connectivity index is 1.69. The van der Waals surface area contributed by atoms with Crippen molar-refractivity contribution >= 4 is 5.97 Å². The maximum absolute atomic E-state index is 11.7. The largest absolute Gasteiger partial charge is 0.490 e. The summed E-state index contributed by atoms with van der Waals surface area (Å²) in [6.45, 7) is 1.86. The molecule has 0 radical (unpaired) electrons. The number of esters is 1. The third-order valence-corrected chi connectivity index (χ3v) is 5.42. The van der Waals surface area contributed by atoms with Crippen molar-refractivity contribution in [3.63, 3.8) is 0 Å². The first-order valence-electron chi connectivity index (χ1n) is 9.72. The van der Waals surface area contributed by atoms with Gasteiger partial charge in [0.2, 0.25) is 0 Å². The van der Waals surface area contributed by atoms with Crippen LogP contribution in [0.2, 0.25) is 0 Å². The van der Waals surface area contributed by atoms with E-state index in [9.17, 15) is 4.79 Å². The fraction of sp³-hybridized carbons (Fsp3) is 0.667. The summed E-state index contributed by atoms with van der Waals surface area (Å²) in [4.78, 5) is 11.7. The third-order valence-electron chi connectivity index (χ3n) is 5.42. The summed E-state index contributed by atoms with van der Waals surface area (Å²) >= 11 is 0. The number of benzene rings is 1. The zero-order valence-corrected chi connectivity index (χ0v) is 14.8. The topological polar surface area (TPSA) is 35.5 Å². The fourth-order valence-corrected chi connectivity index (χ4v) is 4.07. The molecule has 0 aromatic heterocycles. The zero-order valence-electron chi connectivity index (χ0n) is 14.8. The van der Waals surface area contributed by atoms with Crippen molar-refractivity contribution in [2.45, 2.75) is 89.3 Å². The molecule has 0 spiro atoms. The van der Waals surface area contributed by atoms with Crippen LogP contribution in [-0.4, -0.2) is 18.2 Å². The van der Waals surface area contributed by atoms with Crippen LogP contribution < -0.4 is 4.74 Å². The van der Waals surface area contributed by atoms with Crippen LogP contribution in [0.15, 0.2) is 24.3 Å². The van der Waals surface area contributed by atoms with Crippen LogP contribution in [0, 0.1) is 0 Å². The molecule has 0 unspecified atom stereocenters. The second kappa shape index (κ2) is 8.55. The Labute approximate surface area is 145 Å². The molecule has 3 heteroatoms. The summed E-state index contributed by atoms with van der Waals surface area (Å²) < 4.78 is 11.9. The summed E-state index contributed by atoms with van der Waals surface area (Å²) in [6, 6.07) is 8.49. The molecule has 1 aromatic rings. The lowest BCUT2D eigenvalue weighted by molar-refractivity contribution is -0.151. The van der Waals surface area contributed by atoms with Crippen molar-refractivity contribution in [2.75, 3.05) is 0 Å².